The molecule has 4 nitrogen and oxygen atoms in total. The Kier molecular flexibility index (Phi) is 3.90. The van der Waals surface area contributed by atoms with Crippen molar-refractivity contribution in [1.29, 1.82) is 0 Å². The molecular weight excluding hydrogens is 292 g/mol. The lowest BCUT2D eigenvalue weighted by atomic mass is 9.91. The third-order valence-electron chi connectivity index (χ3n) is 3.92. The van der Waals surface area contributed by atoms with Gasteiger partial charge in [-0.15, -0.1) is 0 Å². The second-order valence-corrected chi connectivity index (χ2v) is 5.50. The molecule has 0 amide bonds. The van der Waals surface area contributed by atoms with Crippen LogP contribution in [0.1, 0.15) is 31.4 Å². The number of benzene rings is 2. The molecule has 1 aliphatic rings. The van der Waals surface area contributed by atoms with Crippen LogP contribution in [-0.4, -0.2) is 18.5 Å². The first-order valence-electron chi connectivity index (χ1n) is 7.67. The van der Waals surface area contributed by atoms with E-state index in [1.807, 2.05) is 55.5 Å². The third-order valence-corrected chi connectivity index (χ3v) is 3.92. The van der Waals surface area contributed by atoms with Crippen LogP contribution in [0.2, 0.25) is 0 Å². The van der Waals surface area contributed by atoms with Crippen molar-refractivity contribution in [2.24, 2.45) is 0 Å². The van der Waals surface area contributed by atoms with Gasteiger partial charge in [-0.2, -0.15) is 0 Å². The van der Waals surface area contributed by atoms with Crippen LogP contribution in [0.25, 0.3) is 11.1 Å². The van der Waals surface area contributed by atoms with Gasteiger partial charge in [-0.25, -0.2) is 4.79 Å². The van der Waals surface area contributed by atoms with E-state index in [-0.39, 0.29) is 6.61 Å². The van der Waals surface area contributed by atoms with E-state index in [0.29, 0.717) is 17.5 Å². The van der Waals surface area contributed by atoms with Gasteiger partial charge >= 0.3 is 11.9 Å². The summed E-state index contributed by atoms with van der Waals surface area (Å²) in [6.45, 7) is 3.51. The minimum absolute atomic E-state index is 0.284. The average Bonchev–Trinajstić information content (AvgIpc) is 2.84. The van der Waals surface area contributed by atoms with E-state index in [1.54, 1.807) is 0 Å². The van der Waals surface area contributed by atoms with Crippen molar-refractivity contribution in [1.82, 2.24) is 0 Å². The lowest BCUT2D eigenvalue weighted by molar-refractivity contribution is -0.177. The summed E-state index contributed by atoms with van der Waals surface area (Å²) in [4.78, 5) is 24.7. The number of carbonyl (C=O) groups is 2. The Labute approximate surface area is 135 Å². The van der Waals surface area contributed by atoms with Gasteiger partial charge < -0.3 is 9.47 Å². The highest BCUT2D eigenvalue weighted by Gasteiger charge is 2.53. The van der Waals surface area contributed by atoms with Crippen molar-refractivity contribution in [3.63, 3.8) is 0 Å². The quantitative estimate of drug-likeness (QED) is 0.812. The number of fused-ring (bicyclic) bond motifs is 3. The van der Waals surface area contributed by atoms with Gasteiger partial charge in [0.2, 0.25) is 0 Å². The summed E-state index contributed by atoms with van der Waals surface area (Å²) in [7, 11) is 0. The topological polar surface area (TPSA) is 52.6 Å². The Morgan fingerprint density at radius 2 is 1.48 bits per heavy atom. The van der Waals surface area contributed by atoms with Gasteiger partial charge in [0.25, 0.3) is 5.60 Å². The van der Waals surface area contributed by atoms with Crippen molar-refractivity contribution in [2.75, 3.05) is 6.61 Å². The maximum atomic E-state index is 12.9. The van der Waals surface area contributed by atoms with Gasteiger partial charge in [0, 0.05) is 18.1 Å². The molecule has 3 rings (SSSR count). The average molecular weight is 310 g/mol. The number of ether oxygens (including phenoxy) is 2. The summed E-state index contributed by atoms with van der Waals surface area (Å²) in [5.74, 6) is -1.07. The van der Waals surface area contributed by atoms with Crippen LogP contribution in [0.4, 0.5) is 0 Å². The number of esters is 2. The Balaban J connectivity index is 2.25. The highest BCUT2D eigenvalue weighted by molar-refractivity contribution is 5.98. The fourth-order valence-corrected chi connectivity index (χ4v) is 3.08. The maximum Gasteiger partial charge on any atom is 0.360 e. The standard InChI is InChI=1S/C19H18O4/c1-3-12-22-18(21)19(23-13(2)20)16-10-6-4-8-14(16)15-9-5-7-11-17(15)19/h4-11H,3,12H2,1-2H3. The molecule has 2 aromatic carbocycles. The van der Waals surface area contributed by atoms with Crippen LogP contribution in [0.5, 0.6) is 0 Å². The molecule has 0 saturated heterocycles. The van der Waals surface area contributed by atoms with Crippen LogP contribution >= 0.6 is 0 Å². The molecule has 23 heavy (non-hydrogen) atoms. The summed E-state index contributed by atoms with van der Waals surface area (Å²) < 4.78 is 11.0. The molecule has 0 heterocycles. The molecule has 0 radical (unpaired) electrons. The van der Waals surface area contributed by atoms with Crippen LogP contribution in [0.15, 0.2) is 48.5 Å². The molecule has 0 bridgehead atoms. The third kappa shape index (κ3) is 2.31. The van der Waals surface area contributed by atoms with Crippen molar-refractivity contribution < 1.29 is 19.1 Å². The van der Waals surface area contributed by atoms with E-state index >= 15 is 0 Å². The number of carbonyl (C=O) groups excluding carboxylic acids is 2. The molecule has 0 saturated carbocycles. The second kappa shape index (κ2) is 5.88. The van der Waals surface area contributed by atoms with E-state index in [2.05, 4.69) is 0 Å². The smallest absolute Gasteiger partial charge is 0.360 e. The van der Waals surface area contributed by atoms with Gasteiger partial charge in [0.15, 0.2) is 0 Å². The van der Waals surface area contributed by atoms with Crippen LogP contribution in [0.3, 0.4) is 0 Å². The molecule has 0 N–H and O–H groups in total. The molecule has 0 spiro atoms. The minimum Gasteiger partial charge on any atom is -0.462 e. The van der Waals surface area contributed by atoms with E-state index in [4.69, 9.17) is 9.47 Å². The molecule has 4 heteroatoms. The van der Waals surface area contributed by atoms with Gasteiger partial charge in [-0.1, -0.05) is 55.5 Å². The van der Waals surface area contributed by atoms with Crippen molar-refractivity contribution in [3.8, 4) is 11.1 Å². The summed E-state index contributed by atoms with van der Waals surface area (Å²) in [6, 6.07) is 14.9. The summed E-state index contributed by atoms with van der Waals surface area (Å²) >= 11 is 0. The molecule has 0 unspecified atom stereocenters. The summed E-state index contributed by atoms with van der Waals surface area (Å²) in [5, 5.41) is 0. The zero-order chi connectivity index (χ0) is 16.4. The summed E-state index contributed by atoms with van der Waals surface area (Å²) in [5.41, 5.74) is 1.55. The van der Waals surface area contributed by atoms with E-state index < -0.39 is 17.5 Å². The number of hydrogen-bond acceptors (Lipinski definition) is 4. The van der Waals surface area contributed by atoms with E-state index in [9.17, 15) is 9.59 Å². The molecule has 0 fully saturated rings. The van der Waals surface area contributed by atoms with Gasteiger partial charge in [0.05, 0.1) is 6.61 Å². The van der Waals surface area contributed by atoms with Crippen LogP contribution in [-0.2, 0) is 24.7 Å². The SMILES string of the molecule is CCCOC(=O)C1(OC(C)=O)c2ccccc2-c2ccccc21. The normalized spacial score (nSPS) is 13.8. The highest BCUT2D eigenvalue weighted by atomic mass is 16.6. The second-order valence-electron chi connectivity index (χ2n) is 5.50. The van der Waals surface area contributed by atoms with Gasteiger partial charge in [0.1, 0.15) is 0 Å². The molecule has 118 valence electrons. The number of hydrogen-bond donors (Lipinski definition) is 0. The zero-order valence-electron chi connectivity index (χ0n) is 13.2. The molecule has 2 aromatic rings. The highest BCUT2D eigenvalue weighted by Crippen LogP contribution is 2.50. The van der Waals surface area contributed by atoms with Crippen LogP contribution < -0.4 is 0 Å². The Bertz CT molecular complexity index is 718. The van der Waals surface area contributed by atoms with Crippen molar-refractivity contribution in [2.45, 2.75) is 25.9 Å². The Morgan fingerprint density at radius 1 is 0.957 bits per heavy atom. The molecule has 0 atom stereocenters. The molecule has 0 aromatic heterocycles. The van der Waals surface area contributed by atoms with Gasteiger partial charge in [-0.05, 0) is 17.5 Å². The molecular formula is C19H18O4. The van der Waals surface area contributed by atoms with E-state index in [1.165, 1.54) is 6.92 Å². The first-order valence-corrected chi connectivity index (χ1v) is 7.67. The minimum atomic E-state index is -1.52. The first kappa shape index (κ1) is 15.3. The Morgan fingerprint density at radius 3 is 1.96 bits per heavy atom. The summed E-state index contributed by atoms with van der Waals surface area (Å²) in [6.07, 6.45) is 0.700. The lowest BCUT2D eigenvalue weighted by Gasteiger charge is -2.28. The fraction of sp³-hybridized carbons (Fsp3) is 0.263. The lowest BCUT2D eigenvalue weighted by Crippen LogP contribution is -2.41. The maximum absolute atomic E-state index is 12.9. The zero-order valence-corrected chi connectivity index (χ0v) is 13.2. The van der Waals surface area contributed by atoms with Crippen molar-refractivity contribution >= 4 is 11.9 Å². The Hall–Kier alpha value is -2.62. The number of rotatable bonds is 4. The first-order chi connectivity index (χ1) is 11.1. The van der Waals surface area contributed by atoms with E-state index in [0.717, 1.165) is 11.1 Å². The van der Waals surface area contributed by atoms with Gasteiger partial charge in [-0.3, -0.25) is 4.79 Å². The predicted molar refractivity (Wildman–Crippen MR) is 85.7 cm³/mol. The predicted octanol–water partition coefficient (Wildman–Crippen LogP) is 3.43. The largest absolute Gasteiger partial charge is 0.462 e. The molecule has 0 aliphatic heterocycles. The monoisotopic (exact) mass is 310 g/mol. The molecule has 1 aliphatic carbocycles. The van der Waals surface area contributed by atoms with Crippen LogP contribution in [0, 0.1) is 0 Å². The fourth-order valence-electron chi connectivity index (χ4n) is 3.08. The van der Waals surface area contributed by atoms with Crippen molar-refractivity contribution in [3.05, 3.63) is 59.7 Å².